The van der Waals surface area contributed by atoms with E-state index in [0.29, 0.717) is 4.83 Å². The highest BCUT2D eigenvalue weighted by Crippen LogP contribution is 2.32. The van der Waals surface area contributed by atoms with Gasteiger partial charge in [0.25, 0.3) is 0 Å². The standard InChI is InChI=1S/C14H19BrS2/c1-2-3-4-5-6-11(15)9-12-10-14-13(17-12)7-8-16-14/h7-8,10-11H,2-6,9H2,1H3. The maximum atomic E-state index is 3.82. The molecule has 3 heteroatoms. The Morgan fingerprint density at radius 1 is 1.24 bits per heavy atom. The first kappa shape index (κ1) is 13.6. The summed E-state index contributed by atoms with van der Waals surface area (Å²) in [4.78, 5) is 2.19. The van der Waals surface area contributed by atoms with Crippen molar-refractivity contribution in [2.24, 2.45) is 0 Å². The average Bonchev–Trinajstić information content (AvgIpc) is 2.84. The summed E-state index contributed by atoms with van der Waals surface area (Å²) < 4.78 is 2.91. The monoisotopic (exact) mass is 330 g/mol. The molecule has 17 heavy (non-hydrogen) atoms. The summed E-state index contributed by atoms with van der Waals surface area (Å²) in [6, 6.07) is 4.60. The zero-order chi connectivity index (χ0) is 12.1. The third-order valence-corrected chi connectivity index (χ3v) is 5.88. The first-order valence-electron chi connectivity index (χ1n) is 6.39. The van der Waals surface area contributed by atoms with Crippen molar-refractivity contribution in [3.8, 4) is 0 Å². The van der Waals surface area contributed by atoms with Gasteiger partial charge in [0.2, 0.25) is 0 Å². The average molecular weight is 331 g/mol. The molecular formula is C14H19BrS2. The number of rotatable bonds is 7. The summed E-state index contributed by atoms with van der Waals surface area (Å²) in [5.41, 5.74) is 0. The minimum Gasteiger partial charge on any atom is -0.143 e. The van der Waals surface area contributed by atoms with Crippen LogP contribution in [0.2, 0.25) is 0 Å². The number of thiophene rings is 2. The maximum Gasteiger partial charge on any atom is 0.0453 e. The second-order valence-electron chi connectivity index (χ2n) is 4.51. The van der Waals surface area contributed by atoms with E-state index >= 15 is 0 Å². The second-order valence-corrected chi connectivity index (χ2v) is 7.92. The highest BCUT2D eigenvalue weighted by molar-refractivity contribution is 9.09. The lowest BCUT2D eigenvalue weighted by molar-refractivity contribution is 0.621. The smallest absolute Gasteiger partial charge is 0.0453 e. The van der Waals surface area contributed by atoms with E-state index in [1.165, 1.54) is 52.8 Å². The molecule has 94 valence electrons. The molecule has 0 N–H and O–H groups in total. The van der Waals surface area contributed by atoms with E-state index in [1.807, 2.05) is 22.7 Å². The van der Waals surface area contributed by atoms with Gasteiger partial charge in [0.15, 0.2) is 0 Å². The van der Waals surface area contributed by atoms with Gasteiger partial charge in [-0.2, -0.15) is 0 Å². The molecule has 2 aromatic rings. The molecule has 1 atom stereocenters. The summed E-state index contributed by atoms with van der Waals surface area (Å²) in [6.07, 6.45) is 7.97. The van der Waals surface area contributed by atoms with Gasteiger partial charge < -0.3 is 0 Å². The number of halogens is 1. The third-order valence-electron chi connectivity index (χ3n) is 2.98. The molecule has 0 bridgehead atoms. The van der Waals surface area contributed by atoms with Crippen LogP contribution in [0.25, 0.3) is 9.40 Å². The fourth-order valence-corrected chi connectivity index (χ4v) is 5.13. The largest absolute Gasteiger partial charge is 0.143 e. The van der Waals surface area contributed by atoms with Gasteiger partial charge in [0, 0.05) is 19.1 Å². The van der Waals surface area contributed by atoms with Gasteiger partial charge in [0.05, 0.1) is 0 Å². The van der Waals surface area contributed by atoms with E-state index in [0.717, 1.165) is 0 Å². The third kappa shape index (κ3) is 4.08. The van der Waals surface area contributed by atoms with Crippen molar-refractivity contribution in [2.75, 3.05) is 0 Å². The minimum atomic E-state index is 0.659. The predicted molar refractivity (Wildman–Crippen MR) is 84.9 cm³/mol. The first-order chi connectivity index (χ1) is 8.29. The summed E-state index contributed by atoms with van der Waals surface area (Å²) >= 11 is 7.63. The molecule has 0 amide bonds. The molecule has 0 nitrogen and oxygen atoms in total. The van der Waals surface area contributed by atoms with E-state index in [1.54, 1.807) is 0 Å². The van der Waals surface area contributed by atoms with E-state index in [9.17, 15) is 0 Å². The van der Waals surface area contributed by atoms with E-state index in [-0.39, 0.29) is 0 Å². The molecule has 0 aliphatic heterocycles. The van der Waals surface area contributed by atoms with E-state index in [2.05, 4.69) is 40.4 Å². The van der Waals surface area contributed by atoms with E-state index in [4.69, 9.17) is 0 Å². The summed E-state index contributed by atoms with van der Waals surface area (Å²) in [7, 11) is 0. The first-order valence-corrected chi connectivity index (χ1v) is 9.00. The lowest BCUT2D eigenvalue weighted by Crippen LogP contribution is -2.00. The molecule has 2 heterocycles. The lowest BCUT2D eigenvalue weighted by Gasteiger charge is -2.07. The van der Waals surface area contributed by atoms with Gasteiger partial charge in [-0.15, -0.1) is 22.7 Å². The van der Waals surface area contributed by atoms with Crippen LogP contribution in [0, 0.1) is 0 Å². The summed E-state index contributed by atoms with van der Waals surface area (Å²) in [5, 5.41) is 2.18. The van der Waals surface area contributed by atoms with Crippen molar-refractivity contribution in [1.29, 1.82) is 0 Å². The second kappa shape index (κ2) is 6.91. The van der Waals surface area contributed by atoms with Crippen molar-refractivity contribution >= 4 is 48.0 Å². The van der Waals surface area contributed by atoms with Crippen LogP contribution in [0.1, 0.15) is 43.9 Å². The minimum absolute atomic E-state index is 0.659. The SMILES string of the molecule is CCCCCCC(Br)Cc1cc2sccc2s1. The zero-order valence-electron chi connectivity index (χ0n) is 10.2. The Balaban J connectivity index is 1.78. The molecule has 0 radical (unpaired) electrons. The van der Waals surface area contributed by atoms with Crippen LogP contribution in [0.3, 0.4) is 0 Å². The molecule has 2 rings (SSSR count). The molecule has 0 aromatic carbocycles. The Hall–Kier alpha value is 0.140. The quantitative estimate of drug-likeness (QED) is 0.416. The van der Waals surface area contributed by atoms with Crippen LogP contribution in [-0.4, -0.2) is 4.83 Å². The number of alkyl halides is 1. The number of unbranched alkanes of at least 4 members (excludes halogenated alkanes) is 3. The van der Waals surface area contributed by atoms with Gasteiger partial charge >= 0.3 is 0 Å². The summed E-state index contributed by atoms with van der Waals surface area (Å²) in [6.45, 7) is 2.27. The molecule has 0 aliphatic carbocycles. The normalized spacial score (nSPS) is 13.3. The number of hydrogen-bond donors (Lipinski definition) is 0. The number of hydrogen-bond acceptors (Lipinski definition) is 2. The Kier molecular flexibility index (Phi) is 5.51. The zero-order valence-corrected chi connectivity index (χ0v) is 13.5. The molecular weight excluding hydrogens is 312 g/mol. The van der Waals surface area contributed by atoms with Crippen LogP contribution in [0.5, 0.6) is 0 Å². The lowest BCUT2D eigenvalue weighted by atomic mass is 10.1. The number of fused-ring (bicyclic) bond motifs is 1. The van der Waals surface area contributed by atoms with Crippen LogP contribution in [-0.2, 0) is 6.42 Å². The van der Waals surface area contributed by atoms with Gasteiger partial charge in [-0.05, 0) is 30.4 Å². The molecule has 2 aromatic heterocycles. The molecule has 0 spiro atoms. The Labute approximate surface area is 120 Å². The Morgan fingerprint density at radius 2 is 2.12 bits per heavy atom. The molecule has 0 aliphatic rings. The van der Waals surface area contributed by atoms with Gasteiger partial charge in [0.1, 0.15) is 0 Å². The highest BCUT2D eigenvalue weighted by atomic mass is 79.9. The Morgan fingerprint density at radius 3 is 2.88 bits per heavy atom. The maximum absolute atomic E-state index is 3.82. The van der Waals surface area contributed by atoms with Gasteiger partial charge in [-0.1, -0.05) is 48.5 Å². The van der Waals surface area contributed by atoms with Crippen molar-refractivity contribution in [3.63, 3.8) is 0 Å². The van der Waals surface area contributed by atoms with Crippen molar-refractivity contribution in [3.05, 3.63) is 22.4 Å². The fraction of sp³-hybridized carbons (Fsp3) is 0.571. The van der Waals surface area contributed by atoms with Gasteiger partial charge in [-0.3, -0.25) is 0 Å². The fourth-order valence-electron chi connectivity index (χ4n) is 2.03. The van der Waals surface area contributed by atoms with Crippen molar-refractivity contribution < 1.29 is 0 Å². The highest BCUT2D eigenvalue weighted by Gasteiger charge is 2.09. The van der Waals surface area contributed by atoms with Crippen LogP contribution in [0.15, 0.2) is 17.5 Å². The van der Waals surface area contributed by atoms with Crippen LogP contribution in [0.4, 0.5) is 0 Å². The van der Waals surface area contributed by atoms with Gasteiger partial charge in [-0.25, -0.2) is 0 Å². The van der Waals surface area contributed by atoms with E-state index < -0.39 is 0 Å². The van der Waals surface area contributed by atoms with Crippen molar-refractivity contribution in [2.45, 2.75) is 50.3 Å². The molecule has 0 saturated carbocycles. The van der Waals surface area contributed by atoms with Crippen LogP contribution >= 0.6 is 38.6 Å². The van der Waals surface area contributed by atoms with Crippen LogP contribution < -0.4 is 0 Å². The Bertz CT molecular complexity index is 415. The molecule has 0 saturated heterocycles. The summed E-state index contributed by atoms with van der Waals surface area (Å²) in [5.74, 6) is 0. The molecule has 0 fully saturated rings. The topological polar surface area (TPSA) is 0 Å². The predicted octanol–water partition coefficient (Wildman–Crippen LogP) is 6.24. The van der Waals surface area contributed by atoms with Crippen molar-refractivity contribution in [1.82, 2.24) is 0 Å². The molecule has 1 unspecified atom stereocenters.